The molecule has 2 atom stereocenters. The topological polar surface area (TPSA) is 32.3 Å². The molecule has 2 unspecified atom stereocenters. The van der Waals surface area contributed by atoms with Gasteiger partial charge in [-0.05, 0) is 162 Å². The van der Waals surface area contributed by atoms with E-state index in [1.165, 1.54) is 77.9 Å². The first-order valence-corrected chi connectivity index (χ1v) is 28.3. The number of nitrogens with zero attached hydrogens (tertiary/aromatic N) is 4. The van der Waals surface area contributed by atoms with E-state index in [-0.39, 0.29) is 0 Å². The maximum Gasteiger partial charge on any atom is 0.0744 e. The quantitative estimate of drug-likeness (QED) is 0.152. The summed E-state index contributed by atoms with van der Waals surface area (Å²) in [7, 11) is 0. The summed E-state index contributed by atoms with van der Waals surface area (Å²) in [5.41, 5.74) is 27.8. The minimum absolute atomic E-state index is 0.789. The molecule has 0 fully saturated rings. The van der Waals surface area contributed by atoms with Crippen molar-refractivity contribution in [3.05, 3.63) is 348 Å². The van der Waals surface area contributed by atoms with E-state index in [1.807, 2.05) is 6.20 Å². The average molecular weight is 1040 g/mol. The molecule has 13 aromatic rings. The summed E-state index contributed by atoms with van der Waals surface area (Å²) in [4.78, 5) is 15.5. The summed E-state index contributed by atoms with van der Waals surface area (Å²) < 4.78 is 0. The molecule has 2 heterocycles. The van der Waals surface area contributed by atoms with Crippen molar-refractivity contribution in [1.82, 2.24) is 9.97 Å². The monoisotopic (exact) mass is 1040 g/mol. The fourth-order valence-corrected chi connectivity index (χ4v) is 14.9. The first-order valence-electron chi connectivity index (χ1n) is 28.3. The molecule has 4 nitrogen and oxygen atoms in total. The Balaban J connectivity index is 1.00. The lowest BCUT2D eigenvalue weighted by atomic mass is 9.66. The molecule has 2 aromatic heterocycles. The van der Waals surface area contributed by atoms with Crippen LogP contribution in [0.5, 0.6) is 0 Å². The van der Waals surface area contributed by atoms with E-state index in [9.17, 15) is 0 Å². The lowest BCUT2D eigenvalue weighted by Crippen LogP contribution is -2.29. The van der Waals surface area contributed by atoms with Crippen molar-refractivity contribution in [2.24, 2.45) is 0 Å². The van der Waals surface area contributed by atoms with Crippen LogP contribution in [0, 0.1) is 0 Å². The third-order valence-electron chi connectivity index (χ3n) is 18.0. The smallest absolute Gasteiger partial charge is 0.0744 e. The SMILES string of the molecule is c1ccc(-c2ccccc2N(c2ccccc2)c2ccc3c(c2)C2(C4=C3C3(c5cc(N(c6ccccc6)c6ccccc6-c6ccccc6)ccc54)c4ccccc4-c4c3cnc3ccccc43)c3ccccc3-c3ccncc32)cc1. The molecule has 17 rings (SSSR count). The first-order chi connectivity index (χ1) is 40.7. The number of para-hydroxylation sites is 5. The van der Waals surface area contributed by atoms with E-state index >= 15 is 0 Å². The lowest BCUT2D eigenvalue weighted by molar-refractivity contribution is 0.821. The fourth-order valence-electron chi connectivity index (χ4n) is 14.9. The largest absolute Gasteiger partial charge is 0.310 e. The van der Waals surface area contributed by atoms with Crippen molar-refractivity contribution < 1.29 is 0 Å². The van der Waals surface area contributed by atoms with Crippen molar-refractivity contribution in [2.45, 2.75) is 10.8 Å². The highest BCUT2D eigenvalue weighted by Gasteiger charge is 2.64. The number of aromatic nitrogens is 2. The highest BCUT2D eigenvalue weighted by Crippen LogP contribution is 2.75. The number of allylic oxidation sites excluding steroid dienone is 2. The average Bonchev–Trinajstić information content (AvgIpc) is 1.49. The molecule has 11 aromatic carbocycles. The summed E-state index contributed by atoms with van der Waals surface area (Å²) in [6.07, 6.45) is 6.36. The minimum atomic E-state index is -0.816. The molecular formula is C78H50N4. The van der Waals surface area contributed by atoms with E-state index in [2.05, 4.69) is 307 Å². The van der Waals surface area contributed by atoms with Crippen LogP contribution in [0.1, 0.15) is 44.5 Å². The van der Waals surface area contributed by atoms with Crippen LogP contribution < -0.4 is 9.80 Å². The Kier molecular flexibility index (Phi) is 10.1. The summed E-state index contributed by atoms with van der Waals surface area (Å²) in [6, 6.07) is 105. The number of fused-ring (bicyclic) bond motifs is 20. The normalized spacial score (nSPS) is 16.3. The van der Waals surface area contributed by atoms with Crippen LogP contribution >= 0.6 is 0 Å². The molecular weight excluding hydrogens is 993 g/mol. The van der Waals surface area contributed by atoms with Crippen LogP contribution in [0.15, 0.2) is 304 Å². The van der Waals surface area contributed by atoms with Gasteiger partial charge in [0, 0.05) is 57.9 Å². The zero-order chi connectivity index (χ0) is 53.9. The highest BCUT2D eigenvalue weighted by molar-refractivity contribution is 6.21. The third-order valence-corrected chi connectivity index (χ3v) is 18.0. The van der Waals surface area contributed by atoms with Crippen molar-refractivity contribution >= 4 is 56.2 Å². The molecule has 0 bridgehead atoms. The van der Waals surface area contributed by atoms with Crippen LogP contribution in [0.2, 0.25) is 0 Å². The number of rotatable bonds is 8. The van der Waals surface area contributed by atoms with Gasteiger partial charge in [0.15, 0.2) is 0 Å². The Bertz CT molecular complexity index is 4710. The second-order valence-electron chi connectivity index (χ2n) is 21.9. The number of hydrogen-bond acceptors (Lipinski definition) is 4. The first kappa shape index (κ1) is 46.3. The molecule has 4 aliphatic carbocycles. The minimum Gasteiger partial charge on any atom is -0.310 e. The van der Waals surface area contributed by atoms with E-state index in [0.29, 0.717) is 0 Å². The Hall–Kier alpha value is -10.7. The van der Waals surface area contributed by atoms with E-state index in [4.69, 9.17) is 9.97 Å². The lowest BCUT2D eigenvalue weighted by Gasteiger charge is -2.36. The van der Waals surface area contributed by atoms with Gasteiger partial charge in [-0.25, -0.2) is 0 Å². The van der Waals surface area contributed by atoms with Gasteiger partial charge < -0.3 is 9.80 Å². The third kappa shape index (κ3) is 6.32. The molecule has 4 heteroatoms. The summed E-state index contributed by atoms with van der Waals surface area (Å²) >= 11 is 0. The Morgan fingerprint density at radius 2 is 0.720 bits per heavy atom. The fraction of sp³-hybridized carbons (Fsp3) is 0.0256. The summed E-state index contributed by atoms with van der Waals surface area (Å²) in [5.74, 6) is 0. The molecule has 0 aliphatic heterocycles. The van der Waals surface area contributed by atoms with E-state index in [0.717, 1.165) is 67.3 Å². The van der Waals surface area contributed by atoms with Gasteiger partial charge in [0.2, 0.25) is 0 Å². The zero-order valence-electron chi connectivity index (χ0n) is 44.7. The maximum absolute atomic E-state index is 5.44. The van der Waals surface area contributed by atoms with E-state index in [1.54, 1.807) is 0 Å². The van der Waals surface area contributed by atoms with Crippen LogP contribution in [-0.4, -0.2) is 9.97 Å². The molecule has 4 aliphatic rings. The summed E-state index contributed by atoms with van der Waals surface area (Å²) in [5, 5.41) is 1.15. The van der Waals surface area contributed by atoms with Crippen molar-refractivity contribution in [3.63, 3.8) is 0 Å². The van der Waals surface area contributed by atoms with Crippen LogP contribution in [-0.2, 0) is 10.8 Å². The highest BCUT2D eigenvalue weighted by atomic mass is 15.2. The standard InChI is InChI=1S/C78H50N4/c1-5-23-51(24-6-1)57-31-16-21-39-72(57)81(53-27-9-3-10-28-53)55-41-43-62-67(47-55)77(65-36-18-13-33-59(65)60-45-46-79-49-69(60)77)75-63-44-42-56(82(54-29-11-4-12-30-54)73-40-22-17-32-58(73)52-25-7-2-8-26-52)48-68(63)78(76(62)75)66-37-19-14-34-61(66)74-64-35-15-20-38-71(64)80-50-70(74)78/h1-50H. The summed E-state index contributed by atoms with van der Waals surface area (Å²) in [6.45, 7) is 0. The van der Waals surface area contributed by atoms with Gasteiger partial charge in [0.05, 0.1) is 27.7 Å². The number of benzene rings is 11. The van der Waals surface area contributed by atoms with Gasteiger partial charge in [-0.3, -0.25) is 9.97 Å². The number of pyridine rings is 2. The van der Waals surface area contributed by atoms with Gasteiger partial charge in [-0.2, -0.15) is 0 Å². The van der Waals surface area contributed by atoms with Gasteiger partial charge in [-0.1, -0.05) is 212 Å². The van der Waals surface area contributed by atoms with Crippen LogP contribution in [0.3, 0.4) is 0 Å². The van der Waals surface area contributed by atoms with Gasteiger partial charge in [-0.15, -0.1) is 0 Å². The Labute approximate surface area is 476 Å². The van der Waals surface area contributed by atoms with Gasteiger partial charge in [0.1, 0.15) is 0 Å². The second-order valence-corrected chi connectivity index (χ2v) is 21.9. The Morgan fingerprint density at radius 1 is 0.280 bits per heavy atom. The van der Waals surface area contributed by atoms with Crippen molar-refractivity contribution in [2.75, 3.05) is 9.80 Å². The molecule has 2 spiro atoms. The van der Waals surface area contributed by atoms with Crippen LogP contribution in [0.25, 0.3) is 66.6 Å². The predicted molar refractivity (Wildman–Crippen MR) is 337 cm³/mol. The maximum atomic E-state index is 5.44. The Morgan fingerprint density at radius 3 is 1.29 bits per heavy atom. The molecule has 0 N–H and O–H groups in total. The second kappa shape index (κ2) is 17.9. The zero-order valence-corrected chi connectivity index (χ0v) is 44.7. The van der Waals surface area contributed by atoms with Gasteiger partial charge >= 0.3 is 0 Å². The molecule has 0 saturated carbocycles. The molecule has 82 heavy (non-hydrogen) atoms. The van der Waals surface area contributed by atoms with Crippen LogP contribution in [0.4, 0.5) is 34.1 Å². The molecule has 0 saturated heterocycles. The van der Waals surface area contributed by atoms with Gasteiger partial charge in [0.25, 0.3) is 0 Å². The number of hydrogen-bond donors (Lipinski definition) is 0. The molecule has 382 valence electrons. The molecule has 0 amide bonds. The molecule has 0 radical (unpaired) electrons. The number of anilines is 6. The van der Waals surface area contributed by atoms with Crippen molar-refractivity contribution in [1.29, 1.82) is 0 Å². The predicted octanol–water partition coefficient (Wildman–Crippen LogP) is 19.5. The van der Waals surface area contributed by atoms with E-state index < -0.39 is 10.8 Å². The van der Waals surface area contributed by atoms with Crippen molar-refractivity contribution in [3.8, 4) is 44.5 Å².